The molecule has 2 aromatic heterocycles. The average molecular weight is 162 g/mol. The smallest absolute Gasteiger partial charge is 0.155 e. The molecule has 0 bridgehead atoms. The fraction of sp³-hybridized carbons (Fsp3) is 0. The van der Waals surface area contributed by atoms with Crippen molar-refractivity contribution in [2.45, 2.75) is 0 Å². The molecule has 2 heterocycles. The van der Waals surface area contributed by atoms with Gasteiger partial charge in [0.25, 0.3) is 0 Å². The molecule has 0 aliphatic rings. The first-order valence-electron chi connectivity index (χ1n) is 3.29. The Balaban J connectivity index is 2.70. The summed E-state index contributed by atoms with van der Waals surface area (Å²) in [6, 6.07) is 3.02. The molecule has 0 N–H and O–H groups in total. The SMILES string of the molecule is O=C([O-])c1cc2ncccn2n1. The van der Waals surface area contributed by atoms with Crippen LogP contribution in [0, 0.1) is 0 Å². The highest BCUT2D eigenvalue weighted by molar-refractivity contribution is 5.84. The van der Waals surface area contributed by atoms with Crippen molar-refractivity contribution < 1.29 is 9.90 Å². The largest absolute Gasteiger partial charge is 0.543 e. The van der Waals surface area contributed by atoms with E-state index in [4.69, 9.17) is 0 Å². The third-order valence-electron chi connectivity index (χ3n) is 1.45. The Morgan fingerprint density at radius 1 is 1.58 bits per heavy atom. The molecule has 0 aliphatic heterocycles. The van der Waals surface area contributed by atoms with E-state index in [2.05, 4.69) is 10.1 Å². The molecule has 60 valence electrons. The van der Waals surface area contributed by atoms with E-state index in [-0.39, 0.29) is 5.69 Å². The highest BCUT2D eigenvalue weighted by atomic mass is 16.4. The number of aromatic nitrogens is 3. The second-order valence-electron chi connectivity index (χ2n) is 2.24. The number of fused-ring (bicyclic) bond motifs is 1. The summed E-state index contributed by atoms with van der Waals surface area (Å²) in [7, 11) is 0. The van der Waals surface area contributed by atoms with E-state index in [1.54, 1.807) is 18.5 Å². The van der Waals surface area contributed by atoms with Crippen molar-refractivity contribution in [3.63, 3.8) is 0 Å². The number of rotatable bonds is 1. The van der Waals surface area contributed by atoms with Crippen molar-refractivity contribution in [3.05, 3.63) is 30.2 Å². The van der Waals surface area contributed by atoms with Crippen molar-refractivity contribution in [1.82, 2.24) is 14.6 Å². The molecule has 5 nitrogen and oxygen atoms in total. The standard InChI is InChI=1S/C7H5N3O2/c11-7(12)5-4-6-8-2-1-3-10(6)9-5/h1-4H,(H,11,12)/p-1. The molecule has 0 atom stereocenters. The van der Waals surface area contributed by atoms with Gasteiger partial charge in [0, 0.05) is 18.5 Å². The van der Waals surface area contributed by atoms with Gasteiger partial charge in [-0.15, -0.1) is 0 Å². The van der Waals surface area contributed by atoms with E-state index >= 15 is 0 Å². The number of hydrogen-bond donors (Lipinski definition) is 0. The van der Waals surface area contributed by atoms with Crippen molar-refractivity contribution in [1.29, 1.82) is 0 Å². The lowest BCUT2D eigenvalue weighted by Gasteiger charge is -1.91. The van der Waals surface area contributed by atoms with Gasteiger partial charge in [0.2, 0.25) is 0 Å². The predicted octanol–water partition coefficient (Wildman–Crippen LogP) is -0.907. The van der Waals surface area contributed by atoms with Gasteiger partial charge in [-0.1, -0.05) is 0 Å². The molecule has 2 rings (SSSR count). The third-order valence-corrected chi connectivity index (χ3v) is 1.45. The van der Waals surface area contributed by atoms with Crippen LogP contribution in [-0.4, -0.2) is 20.6 Å². The predicted molar refractivity (Wildman–Crippen MR) is 37.3 cm³/mol. The Morgan fingerprint density at radius 2 is 2.42 bits per heavy atom. The number of carbonyl (C=O) groups excluding carboxylic acids is 1. The zero-order valence-electron chi connectivity index (χ0n) is 5.97. The topological polar surface area (TPSA) is 70.3 Å². The second kappa shape index (κ2) is 2.30. The minimum Gasteiger partial charge on any atom is -0.543 e. The summed E-state index contributed by atoms with van der Waals surface area (Å²) in [6.07, 6.45) is 3.19. The van der Waals surface area contributed by atoms with Crippen molar-refractivity contribution in [2.75, 3.05) is 0 Å². The van der Waals surface area contributed by atoms with Gasteiger partial charge in [0.15, 0.2) is 5.65 Å². The number of hydrogen-bond acceptors (Lipinski definition) is 4. The van der Waals surface area contributed by atoms with Gasteiger partial charge in [0.1, 0.15) is 5.69 Å². The van der Waals surface area contributed by atoms with E-state index in [1.165, 1.54) is 10.6 Å². The first-order valence-corrected chi connectivity index (χ1v) is 3.29. The van der Waals surface area contributed by atoms with Crippen LogP contribution in [0.15, 0.2) is 24.5 Å². The van der Waals surface area contributed by atoms with Gasteiger partial charge in [-0.2, -0.15) is 5.10 Å². The minimum absolute atomic E-state index is 0.103. The van der Waals surface area contributed by atoms with E-state index in [0.29, 0.717) is 5.65 Å². The molecule has 0 unspecified atom stereocenters. The molecule has 2 aromatic rings. The molecule has 12 heavy (non-hydrogen) atoms. The summed E-state index contributed by atoms with van der Waals surface area (Å²) in [5, 5.41) is 14.1. The zero-order chi connectivity index (χ0) is 8.55. The van der Waals surface area contributed by atoms with E-state index in [9.17, 15) is 9.90 Å². The van der Waals surface area contributed by atoms with Gasteiger partial charge in [0.05, 0.1) is 5.97 Å². The molecule has 0 saturated heterocycles. The maximum absolute atomic E-state index is 10.4. The van der Waals surface area contributed by atoms with E-state index in [0.717, 1.165) is 0 Å². The number of carboxylic acids is 1. The van der Waals surface area contributed by atoms with Crippen molar-refractivity contribution >= 4 is 11.6 Å². The average Bonchev–Trinajstić information content (AvgIpc) is 2.46. The van der Waals surface area contributed by atoms with Crippen LogP contribution in [0.4, 0.5) is 0 Å². The van der Waals surface area contributed by atoms with E-state index in [1.807, 2.05) is 0 Å². The van der Waals surface area contributed by atoms with Crippen LogP contribution >= 0.6 is 0 Å². The third kappa shape index (κ3) is 0.914. The summed E-state index contributed by atoms with van der Waals surface area (Å²) in [4.78, 5) is 14.2. The summed E-state index contributed by atoms with van der Waals surface area (Å²) in [6.45, 7) is 0. The van der Waals surface area contributed by atoms with Gasteiger partial charge >= 0.3 is 0 Å². The molecule has 0 aliphatic carbocycles. The van der Waals surface area contributed by atoms with Crippen LogP contribution in [0.1, 0.15) is 10.5 Å². The number of aromatic carboxylic acids is 1. The Bertz CT molecular complexity index is 402. The van der Waals surface area contributed by atoms with Gasteiger partial charge in [-0.05, 0) is 6.07 Å². The Kier molecular flexibility index (Phi) is 1.30. The van der Waals surface area contributed by atoms with Gasteiger partial charge in [-0.25, -0.2) is 9.50 Å². The second-order valence-corrected chi connectivity index (χ2v) is 2.24. The Hall–Kier alpha value is -1.91. The maximum Gasteiger partial charge on any atom is 0.155 e. The lowest BCUT2D eigenvalue weighted by Crippen LogP contribution is -2.22. The molecular weight excluding hydrogens is 158 g/mol. The van der Waals surface area contributed by atoms with Gasteiger partial charge in [-0.3, -0.25) is 0 Å². The fourth-order valence-electron chi connectivity index (χ4n) is 0.930. The van der Waals surface area contributed by atoms with Gasteiger partial charge < -0.3 is 9.90 Å². The molecule has 0 aromatic carbocycles. The quantitative estimate of drug-likeness (QED) is 0.544. The first-order chi connectivity index (χ1) is 5.77. The lowest BCUT2D eigenvalue weighted by atomic mass is 10.4. The molecule has 0 fully saturated rings. The van der Waals surface area contributed by atoms with E-state index < -0.39 is 5.97 Å². The van der Waals surface area contributed by atoms with Crippen LogP contribution in [-0.2, 0) is 0 Å². The summed E-state index contributed by atoms with van der Waals surface area (Å²) in [5.74, 6) is -1.29. The molecule has 0 saturated carbocycles. The summed E-state index contributed by atoms with van der Waals surface area (Å²) in [5.41, 5.74) is 0.394. The maximum atomic E-state index is 10.4. The number of carboxylic acid groups (broad SMARTS) is 1. The molecular formula is C7H4N3O2-. The molecule has 0 amide bonds. The van der Waals surface area contributed by atoms with Crippen molar-refractivity contribution in [2.24, 2.45) is 0 Å². The molecule has 0 spiro atoms. The van der Waals surface area contributed by atoms with Crippen LogP contribution in [0.5, 0.6) is 0 Å². The normalized spacial score (nSPS) is 10.3. The molecule has 5 heteroatoms. The minimum atomic E-state index is -1.29. The number of nitrogens with zero attached hydrogens (tertiary/aromatic N) is 3. The number of carbonyl (C=O) groups is 1. The highest BCUT2D eigenvalue weighted by Gasteiger charge is 2.00. The zero-order valence-corrected chi connectivity index (χ0v) is 5.97. The Morgan fingerprint density at radius 3 is 3.08 bits per heavy atom. The summed E-state index contributed by atoms with van der Waals surface area (Å²) < 4.78 is 1.38. The molecule has 0 radical (unpaired) electrons. The first kappa shape index (κ1) is 6.78. The van der Waals surface area contributed by atoms with Crippen LogP contribution in [0.25, 0.3) is 5.65 Å². The summed E-state index contributed by atoms with van der Waals surface area (Å²) >= 11 is 0. The fourth-order valence-corrected chi connectivity index (χ4v) is 0.930. The lowest BCUT2D eigenvalue weighted by molar-refractivity contribution is -0.255. The van der Waals surface area contributed by atoms with Crippen LogP contribution in [0.2, 0.25) is 0 Å². The monoisotopic (exact) mass is 162 g/mol. The van der Waals surface area contributed by atoms with Crippen LogP contribution < -0.4 is 5.11 Å². The van der Waals surface area contributed by atoms with Crippen LogP contribution in [0.3, 0.4) is 0 Å². The van der Waals surface area contributed by atoms with Crippen molar-refractivity contribution in [3.8, 4) is 0 Å². The Labute approximate surface area is 67.3 Å². The highest BCUT2D eigenvalue weighted by Crippen LogP contribution is 2.00.